The van der Waals surface area contributed by atoms with E-state index < -0.39 is 11.9 Å². The molecule has 0 spiro atoms. The highest BCUT2D eigenvalue weighted by molar-refractivity contribution is 5.94. The number of amides is 1. The van der Waals surface area contributed by atoms with Gasteiger partial charge in [-0.15, -0.1) is 0 Å². The van der Waals surface area contributed by atoms with Crippen molar-refractivity contribution in [3.63, 3.8) is 0 Å². The van der Waals surface area contributed by atoms with Crippen LogP contribution in [0, 0.1) is 12.8 Å². The van der Waals surface area contributed by atoms with Crippen LogP contribution in [-0.4, -0.2) is 44.9 Å². The Hall–Kier alpha value is -3.35. The summed E-state index contributed by atoms with van der Waals surface area (Å²) in [5.74, 6) is -1.26. The molecule has 0 fully saturated rings. The third-order valence-electron chi connectivity index (χ3n) is 4.43. The molecule has 1 amide bonds. The van der Waals surface area contributed by atoms with Gasteiger partial charge in [-0.25, -0.2) is 4.98 Å². The van der Waals surface area contributed by atoms with Gasteiger partial charge in [0.25, 0.3) is 5.91 Å². The molecule has 146 valence electrons. The molecule has 1 aromatic carbocycles. The van der Waals surface area contributed by atoms with Crippen LogP contribution in [0.2, 0.25) is 0 Å². The smallest absolute Gasteiger partial charge is 0.308 e. The number of benzene rings is 1. The molecular weight excluding hydrogens is 358 g/mol. The topological polar surface area (TPSA) is 84.1 Å². The highest BCUT2D eigenvalue weighted by Crippen LogP contribution is 2.17. The maximum atomic E-state index is 12.5. The number of pyridine rings is 1. The summed E-state index contributed by atoms with van der Waals surface area (Å²) < 4.78 is 7.75. The number of carboxylic acid groups (broad SMARTS) is 1. The molecule has 0 saturated heterocycles. The third-order valence-corrected chi connectivity index (χ3v) is 4.43. The molecule has 1 atom stereocenters. The summed E-state index contributed by atoms with van der Waals surface area (Å²) in [6.45, 7) is 4.01. The van der Waals surface area contributed by atoms with Crippen LogP contribution in [0.25, 0.3) is 5.65 Å². The zero-order chi connectivity index (χ0) is 20.3. The van der Waals surface area contributed by atoms with Crippen molar-refractivity contribution in [2.75, 3.05) is 13.6 Å². The number of carboxylic acids is 1. The predicted molar refractivity (Wildman–Crippen MR) is 104 cm³/mol. The number of carbonyl (C=O) groups is 2. The number of aliphatic carboxylic acids is 1. The number of carbonyl (C=O) groups excluding carboxylic acids is 1. The number of aryl methyl sites for hydroxylation is 1. The van der Waals surface area contributed by atoms with Crippen LogP contribution in [0.4, 0.5) is 0 Å². The fourth-order valence-electron chi connectivity index (χ4n) is 2.89. The maximum Gasteiger partial charge on any atom is 0.308 e. The van der Waals surface area contributed by atoms with Crippen molar-refractivity contribution in [1.29, 1.82) is 0 Å². The van der Waals surface area contributed by atoms with Crippen molar-refractivity contribution in [2.45, 2.75) is 20.5 Å². The number of hydrogen-bond acceptors (Lipinski definition) is 4. The zero-order valence-corrected chi connectivity index (χ0v) is 16.1. The fourth-order valence-corrected chi connectivity index (χ4v) is 2.89. The number of ether oxygens (including phenoxy) is 1. The van der Waals surface area contributed by atoms with E-state index >= 15 is 0 Å². The summed E-state index contributed by atoms with van der Waals surface area (Å²) in [5, 5.41) is 9.01. The average molecular weight is 381 g/mol. The first-order valence-electron chi connectivity index (χ1n) is 8.99. The van der Waals surface area contributed by atoms with Gasteiger partial charge in [0.05, 0.1) is 11.6 Å². The van der Waals surface area contributed by atoms with E-state index in [1.165, 1.54) is 4.90 Å². The Morgan fingerprint density at radius 2 is 2.04 bits per heavy atom. The van der Waals surface area contributed by atoms with Crippen LogP contribution in [0.5, 0.6) is 5.75 Å². The Kier molecular flexibility index (Phi) is 5.63. The van der Waals surface area contributed by atoms with Crippen LogP contribution >= 0.6 is 0 Å². The molecule has 7 heteroatoms. The molecule has 3 aromatic rings. The quantitative estimate of drug-likeness (QED) is 0.680. The minimum absolute atomic E-state index is 0.139. The summed E-state index contributed by atoms with van der Waals surface area (Å²) in [6, 6.07) is 10.8. The fraction of sp³-hybridized carbons (Fsp3) is 0.286. The Bertz CT molecular complexity index is 1010. The monoisotopic (exact) mass is 381 g/mol. The number of imidazole rings is 1. The molecule has 0 aliphatic heterocycles. The van der Waals surface area contributed by atoms with Crippen LogP contribution in [0.15, 0.2) is 48.8 Å². The van der Waals surface area contributed by atoms with E-state index in [-0.39, 0.29) is 19.1 Å². The van der Waals surface area contributed by atoms with Gasteiger partial charge < -0.3 is 19.1 Å². The summed E-state index contributed by atoms with van der Waals surface area (Å²) in [4.78, 5) is 29.4. The van der Waals surface area contributed by atoms with E-state index in [1.807, 2.05) is 35.9 Å². The predicted octanol–water partition coefficient (Wildman–Crippen LogP) is 3.01. The second-order valence-corrected chi connectivity index (χ2v) is 6.95. The molecule has 28 heavy (non-hydrogen) atoms. The number of fused-ring (bicyclic) bond motifs is 1. The van der Waals surface area contributed by atoms with Crippen molar-refractivity contribution in [1.82, 2.24) is 14.3 Å². The van der Waals surface area contributed by atoms with Gasteiger partial charge in [0.15, 0.2) is 0 Å². The lowest BCUT2D eigenvalue weighted by atomic mass is 10.1. The van der Waals surface area contributed by atoms with Crippen LogP contribution < -0.4 is 4.74 Å². The van der Waals surface area contributed by atoms with Gasteiger partial charge >= 0.3 is 5.97 Å². The molecule has 7 nitrogen and oxygen atoms in total. The molecule has 2 heterocycles. The first kappa shape index (κ1) is 19.4. The van der Waals surface area contributed by atoms with E-state index in [0.29, 0.717) is 11.3 Å². The lowest BCUT2D eigenvalue weighted by molar-refractivity contribution is -0.141. The average Bonchev–Trinajstić information content (AvgIpc) is 3.07. The minimum Gasteiger partial charge on any atom is -0.487 e. The summed E-state index contributed by atoms with van der Waals surface area (Å²) >= 11 is 0. The molecule has 0 saturated carbocycles. The minimum atomic E-state index is -0.931. The van der Waals surface area contributed by atoms with Crippen molar-refractivity contribution in [3.8, 4) is 5.75 Å². The number of nitrogens with zero attached hydrogens (tertiary/aromatic N) is 3. The van der Waals surface area contributed by atoms with Crippen LogP contribution in [0.1, 0.15) is 28.5 Å². The Balaban J connectivity index is 1.66. The van der Waals surface area contributed by atoms with Crippen molar-refractivity contribution >= 4 is 17.5 Å². The van der Waals surface area contributed by atoms with Crippen molar-refractivity contribution < 1.29 is 19.4 Å². The van der Waals surface area contributed by atoms with Crippen molar-refractivity contribution in [3.05, 3.63) is 65.6 Å². The van der Waals surface area contributed by atoms with E-state index in [2.05, 4.69) is 4.98 Å². The largest absolute Gasteiger partial charge is 0.487 e. The summed E-state index contributed by atoms with van der Waals surface area (Å²) in [7, 11) is 1.59. The summed E-state index contributed by atoms with van der Waals surface area (Å²) in [5.41, 5.74) is 3.23. The molecule has 3 rings (SSSR count). The SMILES string of the molecule is Cc1ccc2nc(COc3cccc(C(=O)N(C)CC(C)C(=O)O)c3)cn2c1. The number of aromatic nitrogens is 2. The molecule has 1 unspecified atom stereocenters. The number of rotatable bonds is 7. The standard InChI is InChI=1S/C21H23N3O4/c1-14-7-8-19-22-17(12-24(19)10-14)13-28-18-6-4-5-16(9-18)20(25)23(3)11-15(2)21(26)27/h4-10,12,15H,11,13H2,1-3H3,(H,26,27). The van der Waals surface area contributed by atoms with E-state index in [4.69, 9.17) is 9.84 Å². The molecule has 0 bridgehead atoms. The lowest BCUT2D eigenvalue weighted by Crippen LogP contribution is -2.33. The normalized spacial score (nSPS) is 12.0. The van der Waals surface area contributed by atoms with Crippen molar-refractivity contribution in [2.24, 2.45) is 5.92 Å². The van der Waals surface area contributed by atoms with Gasteiger partial charge in [-0.1, -0.05) is 19.1 Å². The molecular formula is C21H23N3O4. The second kappa shape index (κ2) is 8.12. The first-order chi connectivity index (χ1) is 13.3. The first-order valence-corrected chi connectivity index (χ1v) is 8.99. The summed E-state index contributed by atoms with van der Waals surface area (Å²) in [6.07, 6.45) is 3.91. The van der Waals surface area contributed by atoms with E-state index in [1.54, 1.807) is 38.2 Å². The Morgan fingerprint density at radius 3 is 2.79 bits per heavy atom. The highest BCUT2D eigenvalue weighted by atomic mass is 16.5. The molecule has 2 aromatic heterocycles. The van der Waals surface area contributed by atoms with Gasteiger partial charge in [-0.05, 0) is 36.8 Å². The van der Waals surface area contributed by atoms with Gasteiger partial charge in [-0.3, -0.25) is 9.59 Å². The van der Waals surface area contributed by atoms with E-state index in [9.17, 15) is 9.59 Å². The highest BCUT2D eigenvalue weighted by Gasteiger charge is 2.19. The van der Waals surface area contributed by atoms with E-state index in [0.717, 1.165) is 16.9 Å². The Morgan fingerprint density at radius 1 is 1.25 bits per heavy atom. The van der Waals surface area contributed by atoms with Gasteiger partial charge in [0.2, 0.25) is 0 Å². The number of hydrogen-bond donors (Lipinski definition) is 1. The molecule has 0 aliphatic rings. The molecule has 0 aliphatic carbocycles. The second-order valence-electron chi connectivity index (χ2n) is 6.95. The van der Waals surface area contributed by atoms with Crippen LogP contribution in [0.3, 0.4) is 0 Å². The maximum absolute atomic E-state index is 12.5. The van der Waals surface area contributed by atoms with Gasteiger partial charge in [0, 0.05) is 31.5 Å². The Labute approximate surface area is 163 Å². The van der Waals surface area contributed by atoms with Gasteiger partial charge in [-0.2, -0.15) is 0 Å². The molecule has 1 N–H and O–H groups in total. The lowest BCUT2D eigenvalue weighted by Gasteiger charge is -2.19. The van der Waals surface area contributed by atoms with Crippen LogP contribution in [-0.2, 0) is 11.4 Å². The molecule has 0 radical (unpaired) electrons. The van der Waals surface area contributed by atoms with Gasteiger partial charge in [0.1, 0.15) is 18.0 Å². The zero-order valence-electron chi connectivity index (χ0n) is 16.1. The third kappa shape index (κ3) is 4.49.